The minimum Gasteiger partial charge on any atom is -0.393 e. The van der Waals surface area contributed by atoms with Crippen molar-refractivity contribution < 1.29 is 14.8 Å². The zero-order valence-electron chi connectivity index (χ0n) is 10.9. The van der Waals surface area contributed by atoms with Crippen LogP contribution >= 0.6 is 0 Å². The average Bonchev–Trinajstić information content (AvgIpc) is 2.41. The predicted octanol–water partition coefficient (Wildman–Crippen LogP) is 1.21. The van der Waals surface area contributed by atoms with Crippen LogP contribution in [-0.2, 0) is 0 Å². The first-order valence-electron chi connectivity index (χ1n) is 6.50. The van der Waals surface area contributed by atoms with E-state index < -0.39 is 4.92 Å². The fourth-order valence-electron chi connectivity index (χ4n) is 2.33. The van der Waals surface area contributed by atoms with Crippen LogP contribution in [0.2, 0.25) is 0 Å². The first-order valence-corrected chi connectivity index (χ1v) is 6.50. The number of benzene rings is 1. The number of nitro groups is 1. The molecular weight excluding hydrogens is 262 g/mol. The molecule has 0 unspecified atom stereocenters. The van der Waals surface area contributed by atoms with Gasteiger partial charge in [0.05, 0.1) is 11.0 Å². The lowest BCUT2D eigenvalue weighted by Crippen LogP contribution is -2.38. The van der Waals surface area contributed by atoms with Crippen molar-refractivity contribution in [1.82, 2.24) is 5.32 Å². The number of nitro benzene ring substituents is 1. The summed E-state index contributed by atoms with van der Waals surface area (Å²) in [6.45, 7) is 0. The smallest absolute Gasteiger partial charge is 0.292 e. The third kappa shape index (κ3) is 3.24. The summed E-state index contributed by atoms with van der Waals surface area (Å²) in [4.78, 5) is 22.2. The molecule has 0 aliphatic heterocycles. The minimum atomic E-state index is -0.608. The number of rotatable bonds is 3. The molecule has 0 atom stereocenters. The number of nitrogen functional groups attached to an aromatic ring is 1. The van der Waals surface area contributed by atoms with Gasteiger partial charge in [-0.1, -0.05) is 0 Å². The summed E-state index contributed by atoms with van der Waals surface area (Å²) in [5, 5.41) is 23.0. The van der Waals surface area contributed by atoms with E-state index in [0.29, 0.717) is 25.7 Å². The molecular formula is C13H17N3O4. The second-order valence-corrected chi connectivity index (χ2v) is 5.01. The Morgan fingerprint density at radius 3 is 2.60 bits per heavy atom. The summed E-state index contributed by atoms with van der Waals surface area (Å²) < 4.78 is 0. The van der Waals surface area contributed by atoms with Crippen LogP contribution in [0.5, 0.6) is 0 Å². The first kappa shape index (κ1) is 14.3. The van der Waals surface area contributed by atoms with Crippen LogP contribution < -0.4 is 11.1 Å². The highest BCUT2D eigenvalue weighted by Gasteiger charge is 2.22. The van der Waals surface area contributed by atoms with Crippen molar-refractivity contribution in [3.05, 3.63) is 33.9 Å². The van der Waals surface area contributed by atoms with Crippen molar-refractivity contribution in [2.75, 3.05) is 5.73 Å². The molecule has 4 N–H and O–H groups in total. The Labute approximate surface area is 115 Å². The van der Waals surface area contributed by atoms with Crippen LogP contribution in [-0.4, -0.2) is 28.1 Å². The molecule has 1 aliphatic rings. The van der Waals surface area contributed by atoms with Crippen LogP contribution in [0.25, 0.3) is 0 Å². The summed E-state index contributed by atoms with van der Waals surface area (Å²) in [6, 6.07) is 4.01. The van der Waals surface area contributed by atoms with Crippen molar-refractivity contribution in [3.8, 4) is 0 Å². The zero-order valence-corrected chi connectivity index (χ0v) is 10.9. The van der Waals surface area contributed by atoms with Crippen LogP contribution in [0.4, 0.5) is 11.4 Å². The lowest BCUT2D eigenvalue weighted by Gasteiger charge is -2.26. The maximum atomic E-state index is 12.0. The second-order valence-electron chi connectivity index (χ2n) is 5.01. The fourth-order valence-corrected chi connectivity index (χ4v) is 2.33. The van der Waals surface area contributed by atoms with E-state index in [2.05, 4.69) is 5.32 Å². The van der Waals surface area contributed by atoms with Crippen LogP contribution in [0.3, 0.4) is 0 Å². The van der Waals surface area contributed by atoms with Gasteiger partial charge in [-0.05, 0) is 37.8 Å². The monoisotopic (exact) mass is 279 g/mol. The van der Waals surface area contributed by atoms with E-state index in [0.717, 1.165) is 0 Å². The molecule has 1 aliphatic carbocycles. The Hall–Kier alpha value is -2.15. The van der Waals surface area contributed by atoms with Crippen LogP contribution in [0.1, 0.15) is 36.0 Å². The molecule has 1 saturated carbocycles. The average molecular weight is 279 g/mol. The molecule has 0 spiro atoms. The van der Waals surface area contributed by atoms with E-state index in [-0.39, 0.29) is 35.0 Å². The number of carbonyl (C=O) groups excluding carboxylic acids is 1. The molecule has 0 radical (unpaired) electrons. The lowest BCUT2D eigenvalue weighted by atomic mass is 9.93. The van der Waals surface area contributed by atoms with Crippen molar-refractivity contribution in [3.63, 3.8) is 0 Å². The number of hydrogen-bond acceptors (Lipinski definition) is 5. The molecule has 0 saturated heterocycles. The predicted molar refractivity (Wildman–Crippen MR) is 73.2 cm³/mol. The highest BCUT2D eigenvalue weighted by molar-refractivity contribution is 5.95. The van der Waals surface area contributed by atoms with Crippen molar-refractivity contribution in [2.45, 2.75) is 37.8 Å². The molecule has 7 heteroatoms. The highest BCUT2D eigenvalue weighted by Crippen LogP contribution is 2.23. The lowest BCUT2D eigenvalue weighted by molar-refractivity contribution is -0.383. The van der Waals surface area contributed by atoms with E-state index in [1.165, 1.54) is 18.2 Å². The Morgan fingerprint density at radius 2 is 2.00 bits per heavy atom. The maximum Gasteiger partial charge on any atom is 0.292 e. The Morgan fingerprint density at radius 1 is 1.35 bits per heavy atom. The first-order chi connectivity index (χ1) is 9.47. The molecule has 2 rings (SSSR count). The fraction of sp³-hybridized carbons (Fsp3) is 0.462. The molecule has 7 nitrogen and oxygen atoms in total. The van der Waals surface area contributed by atoms with Gasteiger partial charge in [-0.3, -0.25) is 14.9 Å². The molecule has 1 fully saturated rings. The number of anilines is 1. The summed E-state index contributed by atoms with van der Waals surface area (Å²) >= 11 is 0. The number of amides is 1. The normalized spacial score (nSPS) is 22.2. The molecule has 108 valence electrons. The molecule has 0 bridgehead atoms. The Bertz CT molecular complexity index is 524. The standard InChI is InChI=1S/C13H17N3O4/c14-11-6-1-8(7-12(11)16(19)20)13(18)15-9-2-4-10(17)5-3-9/h1,6-7,9-10,17H,2-5,14H2,(H,15,18). The van der Waals surface area contributed by atoms with Gasteiger partial charge in [0.2, 0.25) is 0 Å². The van der Waals surface area contributed by atoms with Crippen LogP contribution in [0, 0.1) is 10.1 Å². The third-order valence-electron chi connectivity index (χ3n) is 3.52. The van der Waals surface area contributed by atoms with Gasteiger partial charge in [-0.25, -0.2) is 0 Å². The molecule has 1 amide bonds. The van der Waals surface area contributed by atoms with Crippen molar-refractivity contribution in [1.29, 1.82) is 0 Å². The van der Waals surface area contributed by atoms with Gasteiger partial charge in [-0.2, -0.15) is 0 Å². The summed E-state index contributed by atoms with van der Waals surface area (Å²) in [7, 11) is 0. The van der Waals surface area contributed by atoms with E-state index in [4.69, 9.17) is 5.73 Å². The van der Waals surface area contributed by atoms with Crippen molar-refractivity contribution in [2.24, 2.45) is 0 Å². The summed E-state index contributed by atoms with van der Waals surface area (Å²) in [6.07, 6.45) is 2.45. The molecule has 0 aromatic heterocycles. The molecule has 20 heavy (non-hydrogen) atoms. The third-order valence-corrected chi connectivity index (χ3v) is 3.52. The summed E-state index contributed by atoms with van der Waals surface area (Å²) in [5.41, 5.74) is 5.48. The molecule has 0 heterocycles. The van der Waals surface area contributed by atoms with Crippen molar-refractivity contribution >= 4 is 17.3 Å². The second kappa shape index (κ2) is 5.87. The Balaban J connectivity index is 2.06. The number of carbonyl (C=O) groups is 1. The van der Waals surface area contributed by atoms with E-state index >= 15 is 0 Å². The van der Waals surface area contributed by atoms with Crippen LogP contribution in [0.15, 0.2) is 18.2 Å². The Kier molecular flexibility index (Phi) is 4.19. The maximum absolute atomic E-state index is 12.0. The van der Waals surface area contributed by atoms with Gasteiger partial charge in [0.1, 0.15) is 5.69 Å². The highest BCUT2D eigenvalue weighted by atomic mass is 16.6. The number of nitrogens with two attached hydrogens (primary N) is 1. The summed E-state index contributed by atoms with van der Waals surface area (Å²) in [5.74, 6) is -0.352. The van der Waals surface area contributed by atoms with E-state index in [1.54, 1.807) is 0 Å². The van der Waals surface area contributed by atoms with Gasteiger partial charge in [0.15, 0.2) is 0 Å². The quantitative estimate of drug-likeness (QED) is 0.436. The molecule has 1 aromatic carbocycles. The van der Waals surface area contributed by atoms with E-state index in [1.807, 2.05) is 0 Å². The topological polar surface area (TPSA) is 118 Å². The SMILES string of the molecule is Nc1ccc(C(=O)NC2CCC(O)CC2)cc1[N+](=O)[O-]. The number of nitrogens with one attached hydrogen (secondary N) is 1. The minimum absolute atomic E-state index is 0.00232. The van der Waals surface area contributed by atoms with Gasteiger partial charge in [0, 0.05) is 17.7 Å². The number of aliphatic hydroxyl groups is 1. The van der Waals surface area contributed by atoms with Gasteiger partial charge >= 0.3 is 0 Å². The van der Waals surface area contributed by atoms with Gasteiger partial charge < -0.3 is 16.2 Å². The van der Waals surface area contributed by atoms with Gasteiger partial charge in [-0.15, -0.1) is 0 Å². The number of aliphatic hydroxyl groups excluding tert-OH is 1. The van der Waals surface area contributed by atoms with E-state index in [9.17, 15) is 20.0 Å². The number of nitrogens with zero attached hydrogens (tertiary/aromatic N) is 1. The largest absolute Gasteiger partial charge is 0.393 e. The van der Waals surface area contributed by atoms with Gasteiger partial charge in [0.25, 0.3) is 11.6 Å². The molecule has 1 aromatic rings. The number of hydrogen-bond donors (Lipinski definition) is 3. The zero-order chi connectivity index (χ0) is 14.7.